The summed E-state index contributed by atoms with van der Waals surface area (Å²) in [4.78, 5) is 0. The molecule has 0 saturated heterocycles. The minimum atomic E-state index is -0.00257. The van der Waals surface area contributed by atoms with Gasteiger partial charge in [0.1, 0.15) is 0 Å². The van der Waals surface area contributed by atoms with Gasteiger partial charge in [0.2, 0.25) is 0 Å². The summed E-state index contributed by atoms with van der Waals surface area (Å²) in [6, 6.07) is 0. The van der Waals surface area contributed by atoms with Gasteiger partial charge in [-0.3, -0.25) is 0 Å². The zero-order chi connectivity index (χ0) is 12.1. The van der Waals surface area contributed by atoms with Crippen molar-refractivity contribution in [1.82, 2.24) is 0 Å². The number of rotatable bonds is 4. The van der Waals surface area contributed by atoms with Crippen LogP contribution in [0.2, 0.25) is 0 Å². The predicted molar refractivity (Wildman–Crippen MR) is 72.0 cm³/mol. The van der Waals surface area contributed by atoms with E-state index >= 15 is 0 Å². The second-order valence-corrected chi connectivity index (χ2v) is 6.30. The minimum absolute atomic E-state index is 0.00257. The summed E-state index contributed by atoms with van der Waals surface area (Å²) < 4.78 is 6.13. The van der Waals surface area contributed by atoms with E-state index in [-0.39, 0.29) is 5.54 Å². The van der Waals surface area contributed by atoms with Gasteiger partial charge in [-0.2, -0.15) is 0 Å². The maximum atomic E-state index is 6.42. The van der Waals surface area contributed by atoms with Crippen LogP contribution < -0.4 is 5.73 Å². The number of hydrogen-bond donors (Lipinski definition) is 1. The minimum Gasteiger partial charge on any atom is -0.376 e. The molecule has 0 radical (unpaired) electrons. The average molecular weight is 239 g/mol. The molecule has 2 heteroatoms. The molecule has 2 N–H and O–H groups in total. The Morgan fingerprint density at radius 2 is 1.88 bits per heavy atom. The lowest BCUT2D eigenvalue weighted by molar-refractivity contribution is -0.0198. The molecule has 2 atom stereocenters. The Labute approximate surface area is 106 Å². The number of hydrogen-bond acceptors (Lipinski definition) is 2. The first-order chi connectivity index (χ1) is 8.22. The molecule has 2 aliphatic carbocycles. The Morgan fingerprint density at radius 1 is 1.12 bits per heavy atom. The van der Waals surface area contributed by atoms with Gasteiger partial charge in [-0.05, 0) is 31.6 Å². The first kappa shape index (κ1) is 13.4. The maximum Gasteiger partial charge on any atom is 0.0649 e. The van der Waals surface area contributed by atoms with Gasteiger partial charge < -0.3 is 10.5 Å². The number of nitrogens with two attached hydrogens (primary N) is 1. The first-order valence-corrected chi connectivity index (χ1v) is 7.62. The van der Waals surface area contributed by atoms with Crippen molar-refractivity contribution in [2.75, 3.05) is 6.61 Å². The van der Waals surface area contributed by atoms with Crippen LogP contribution in [0.5, 0.6) is 0 Å². The Hall–Kier alpha value is -0.0800. The third-order valence-corrected chi connectivity index (χ3v) is 4.77. The van der Waals surface area contributed by atoms with Crippen LogP contribution in [0.25, 0.3) is 0 Å². The third-order valence-electron chi connectivity index (χ3n) is 4.77. The SMILES string of the molecule is CCC1CCCC(OCC2(N)CCCCC2)C1. The van der Waals surface area contributed by atoms with E-state index in [1.165, 1.54) is 51.4 Å². The topological polar surface area (TPSA) is 35.2 Å². The van der Waals surface area contributed by atoms with E-state index in [0.29, 0.717) is 6.10 Å². The van der Waals surface area contributed by atoms with Crippen LogP contribution >= 0.6 is 0 Å². The highest BCUT2D eigenvalue weighted by Gasteiger charge is 2.30. The van der Waals surface area contributed by atoms with Gasteiger partial charge in [0.15, 0.2) is 0 Å². The van der Waals surface area contributed by atoms with Gasteiger partial charge in [-0.25, -0.2) is 0 Å². The quantitative estimate of drug-likeness (QED) is 0.813. The molecule has 2 aliphatic rings. The molecule has 0 aliphatic heterocycles. The van der Waals surface area contributed by atoms with Crippen molar-refractivity contribution in [1.29, 1.82) is 0 Å². The van der Waals surface area contributed by atoms with E-state index in [1.807, 2.05) is 0 Å². The highest BCUT2D eigenvalue weighted by atomic mass is 16.5. The van der Waals surface area contributed by atoms with E-state index in [4.69, 9.17) is 10.5 Å². The number of ether oxygens (including phenoxy) is 1. The molecule has 0 aromatic carbocycles. The van der Waals surface area contributed by atoms with Crippen LogP contribution in [0.3, 0.4) is 0 Å². The molecule has 100 valence electrons. The lowest BCUT2D eigenvalue weighted by Crippen LogP contribution is -2.47. The summed E-state index contributed by atoms with van der Waals surface area (Å²) in [6.07, 6.45) is 13.4. The van der Waals surface area contributed by atoms with Gasteiger partial charge in [-0.15, -0.1) is 0 Å². The molecule has 2 saturated carbocycles. The fourth-order valence-electron chi connectivity index (χ4n) is 3.45. The van der Waals surface area contributed by atoms with Gasteiger partial charge in [0.05, 0.1) is 12.7 Å². The first-order valence-electron chi connectivity index (χ1n) is 7.62. The van der Waals surface area contributed by atoms with Crippen LogP contribution in [-0.4, -0.2) is 18.2 Å². The predicted octanol–water partition coefficient (Wildman–Crippen LogP) is 3.63. The molecule has 0 aromatic heterocycles. The lowest BCUT2D eigenvalue weighted by atomic mass is 9.82. The molecular formula is C15H29NO. The van der Waals surface area contributed by atoms with Crippen molar-refractivity contribution in [3.63, 3.8) is 0 Å². The molecular weight excluding hydrogens is 210 g/mol. The zero-order valence-electron chi connectivity index (χ0n) is 11.4. The summed E-state index contributed by atoms with van der Waals surface area (Å²) >= 11 is 0. The highest BCUT2D eigenvalue weighted by Crippen LogP contribution is 2.31. The van der Waals surface area contributed by atoms with E-state index in [9.17, 15) is 0 Å². The Balaban J connectivity index is 1.73. The Morgan fingerprint density at radius 3 is 2.59 bits per heavy atom. The van der Waals surface area contributed by atoms with Gasteiger partial charge in [0.25, 0.3) is 0 Å². The van der Waals surface area contributed by atoms with Crippen molar-refractivity contribution < 1.29 is 4.74 Å². The lowest BCUT2D eigenvalue weighted by Gasteiger charge is -2.36. The smallest absolute Gasteiger partial charge is 0.0649 e. The summed E-state index contributed by atoms with van der Waals surface area (Å²) in [5.74, 6) is 0.897. The maximum absolute atomic E-state index is 6.42. The molecule has 2 unspecified atom stereocenters. The Kier molecular flexibility index (Phi) is 4.87. The molecule has 2 rings (SSSR count). The fourth-order valence-corrected chi connectivity index (χ4v) is 3.45. The van der Waals surface area contributed by atoms with Crippen LogP contribution in [0.15, 0.2) is 0 Å². The van der Waals surface area contributed by atoms with Crippen LogP contribution in [-0.2, 0) is 4.74 Å². The molecule has 2 fully saturated rings. The van der Waals surface area contributed by atoms with E-state index in [2.05, 4.69) is 6.92 Å². The van der Waals surface area contributed by atoms with Gasteiger partial charge in [-0.1, -0.05) is 45.4 Å². The van der Waals surface area contributed by atoms with Crippen molar-refractivity contribution in [3.8, 4) is 0 Å². The van der Waals surface area contributed by atoms with Crippen LogP contribution in [0.1, 0.15) is 71.1 Å². The summed E-state index contributed by atoms with van der Waals surface area (Å²) in [6.45, 7) is 3.10. The van der Waals surface area contributed by atoms with Crippen LogP contribution in [0, 0.1) is 5.92 Å². The zero-order valence-corrected chi connectivity index (χ0v) is 11.4. The van der Waals surface area contributed by atoms with Gasteiger partial charge >= 0.3 is 0 Å². The standard InChI is InChI=1S/C15H29NO/c1-2-13-7-6-8-14(11-13)17-12-15(16)9-4-3-5-10-15/h13-14H,2-12,16H2,1H3. The van der Waals surface area contributed by atoms with Crippen molar-refractivity contribution in [2.45, 2.75) is 82.8 Å². The second-order valence-electron chi connectivity index (χ2n) is 6.30. The summed E-state index contributed by atoms with van der Waals surface area (Å²) in [5, 5.41) is 0. The molecule has 0 aromatic rings. The Bertz CT molecular complexity index is 223. The monoisotopic (exact) mass is 239 g/mol. The largest absolute Gasteiger partial charge is 0.376 e. The molecule has 0 amide bonds. The molecule has 0 heterocycles. The summed E-state index contributed by atoms with van der Waals surface area (Å²) in [5.41, 5.74) is 6.42. The van der Waals surface area contributed by atoms with Crippen molar-refractivity contribution in [3.05, 3.63) is 0 Å². The normalized spacial score (nSPS) is 33.5. The third kappa shape index (κ3) is 3.96. The van der Waals surface area contributed by atoms with Crippen LogP contribution in [0.4, 0.5) is 0 Å². The van der Waals surface area contributed by atoms with E-state index < -0.39 is 0 Å². The highest BCUT2D eigenvalue weighted by molar-refractivity contribution is 4.87. The average Bonchev–Trinajstić information content (AvgIpc) is 2.38. The second kappa shape index (κ2) is 6.19. The molecule has 2 nitrogen and oxygen atoms in total. The van der Waals surface area contributed by atoms with E-state index in [0.717, 1.165) is 25.4 Å². The van der Waals surface area contributed by atoms with Crippen molar-refractivity contribution in [2.24, 2.45) is 11.7 Å². The summed E-state index contributed by atoms with van der Waals surface area (Å²) in [7, 11) is 0. The molecule has 0 bridgehead atoms. The molecule has 17 heavy (non-hydrogen) atoms. The fraction of sp³-hybridized carbons (Fsp3) is 1.00. The van der Waals surface area contributed by atoms with Crippen molar-refractivity contribution >= 4 is 0 Å². The van der Waals surface area contributed by atoms with E-state index in [1.54, 1.807) is 0 Å². The molecule has 0 spiro atoms. The van der Waals surface area contributed by atoms with Gasteiger partial charge in [0, 0.05) is 5.54 Å².